The molecule has 3 atom stereocenters. The Labute approximate surface area is 125 Å². The number of benzene rings is 1. The summed E-state index contributed by atoms with van der Waals surface area (Å²) < 4.78 is 7.20. The molecule has 1 heterocycles. The molecule has 3 unspecified atom stereocenters. The van der Waals surface area contributed by atoms with Crippen molar-refractivity contribution in [1.82, 2.24) is 5.32 Å². The third-order valence-electron chi connectivity index (χ3n) is 3.87. The highest BCUT2D eigenvalue weighted by Crippen LogP contribution is 2.30. The number of nitrogens with one attached hydrogen (secondary N) is 1. The number of halogens is 1. The maximum Gasteiger partial charge on any atom is 0.0975 e. The number of hydrogen-bond donors (Lipinski definition) is 1. The molecule has 1 saturated heterocycles. The standard InChI is InChI=1S/C16H24BrNO/c1-11-15(12-5-7-13(17)8-6-12)19-10-9-14(18-11)16(2,3)4/h5-8,11,14-15,18H,9-10H2,1-4H3. The summed E-state index contributed by atoms with van der Waals surface area (Å²) in [5, 5.41) is 3.75. The molecule has 0 bridgehead atoms. The lowest BCUT2D eigenvalue weighted by molar-refractivity contribution is 0.0460. The Balaban J connectivity index is 2.13. The van der Waals surface area contributed by atoms with E-state index in [2.05, 4.69) is 73.2 Å². The van der Waals surface area contributed by atoms with Gasteiger partial charge in [0.25, 0.3) is 0 Å². The maximum atomic E-state index is 6.09. The molecule has 0 amide bonds. The van der Waals surface area contributed by atoms with Gasteiger partial charge in [-0.3, -0.25) is 0 Å². The average molecular weight is 326 g/mol. The first-order valence-corrected chi connectivity index (χ1v) is 7.80. The molecule has 1 aromatic carbocycles. The molecule has 0 aromatic heterocycles. The van der Waals surface area contributed by atoms with Crippen molar-refractivity contribution in [2.45, 2.75) is 52.3 Å². The molecule has 1 aliphatic heterocycles. The second-order valence-corrected chi connectivity index (χ2v) is 7.42. The zero-order valence-electron chi connectivity index (χ0n) is 12.2. The molecular formula is C16H24BrNO. The van der Waals surface area contributed by atoms with Crippen LogP contribution in [0, 0.1) is 5.41 Å². The molecular weight excluding hydrogens is 302 g/mol. The second-order valence-electron chi connectivity index (χ2n) is 6.51. The summed E-state index contributed by atoms with van der Waals surface area (Å²) in [4.78, 5) is 0. The van der Waals surface area contributed by atoms with E-state index in [4.69, 9.17) is 4.74 Å². The lowest BCUT2D eigenvalue weighted by atomic mass is 9.84. The van der Waals surface area contributed by atoms with Crippen molar-refractivity contribution in [2.75, 3.05) is 6.61 Å². The van der Waals surface area contributed by atoms with Gasteiger partial charge >= 0.3 is 0 Å². The van der Waals surface area contributed by atoms with Crippen LogP contribution in [-0.2, 0) is 4.74 Å². The number of hydrogen-bond acceptors (Lipinski definition) is 2. The van der Waals surface area contributed by atoms with Crippen LogP contribution in [0.3, 0.4) is 0 Å². The monoisotopic (exact) mass is 325 g/mol. The zero-order valence-corrected chi connectivity index (χ0v) is 13.8. The van der Waals surface area contributed by atoms with E-state index >= 15 is 0 Å². The lowest BCUT2D eigenvalue weighted by Gasteiger charge is -2.33. The molecule has 0 saturated carbocycles. The van der Waals surface area contributed by atoms with Gasteiger partial charge in [-0.05, 0) is 36.5 Å². The van der Waals surface area contributed by atoms with Gasteiger partial charge in [0.15, 0.2) is 0 Å². The molecule has 1 aliphatic rings. The van der Waals surface area contributed by atoms with Crippen LogP contribution in [0.2, 0.25) is 0 Å². The van der Waals surface area contributed by atoms with Crippen LogP contribution in [-0.4, -0.2) is 18.7 Å². The molecule has 1 N–H and O–H groups in total. The van der Waals surface area contributed by atoms with E-state index in [1.54, 1.807) is 0 Å². The minimum Gasteiger partial charge on any atom is -0.372 e. The topological polar surface area (TPSA) is 21.3 Å². The van der Waals surface area contributed by atoms with Crippen molar-refractivity contribution in [1.29, 1.82) is 0 Å². The SMILES string of the molecule is CC1NC(C(C)(C)C)CCOC1c1ccc(Br)cc1. The smallest absolute Gasteiger partial charge is 0.0975 e. The third kappa shape index (κ3) is 3.80. The van der Waals surface area contributed by atoms with E-state index in [0.29, 0.717) is 12.1 Å². The number of rotatable bonds is 1. The summed E-state index contributed by atoms with van der Waals surface area (Å²) in [6.07, 6.45) is 1.21. The largest absolute Gasteiger partial charge is 0.372 e. The van der Waals surface area contributed by atoms with Gasteiger partial charge in [-0.2, -0.15) is 0 Å². The van der Waals surface area contributed by atoms with Crippen LogP contribution in [0.25, 0.3) is 0 Å². The Morgan fingerprint density at radius 2 is 1.84 bits per heavy atom. The van der Waals surface area contributed by atoms with Crippen LogP contribution < -0.4 is 5.32 Å². The van der Waals surface area contributed by atoms with Crippen molar-refractivity contribution in [3.63, 3.8) is 0 Å². The first kappa shape index (κ1) is 15.0. The maximum absolute atomic E-state index is 6.09. The average Bonchev–Trinajstić information content (AvgIpc) is 2.52. The van der Waals surface area contributed by atoms with E-state index in [1.165, 1.54) is 5.56 Å². The predicted octanol–water partition coefficient (Wildman–Crippen LogP) is 4.30. The quantitative estimate of drug-likeness (QED) is 0.831. The van der Waals surface area contributed by atoms with Gasteiger partial charge in [-0.1, -0.05) is 48.8 Å². The molecule has 0 radical (unpaired) electrons. The Kier molecular flexibility index (Phi) is 4.70. The van der Waals surface area contributed by atoms with Crippen molar-refractivity contribution in [2.24, 2.45) is 5.41 Å². The molecule has 1 fully saturated rings. The summed E-state index contributed by atoms with van der Waals surface area (Å²) in [6, 6.07) is 9.28. The minimum atomic E-state index is 0.139. The molecule has 0 aliphatic carbocycles. The van der Waals surface area contributed by atoms with E-state index < -0.39 is 0 Å². The lowest BCUT2D eigenvalue weighted by Crippen LogP contribution is -2.45. The van der Waals surface area contributed by atoms with Gasteiger partial charge in [0.1, 0.15) is 0 Å². The molecule has 19 heavy (non-hydrogen) atoms. The second kappa shape index (κ2) is 5.94. The molecule has 106 valence electrons. The summed E-state index contributed by atoms with van der Waals surface area (Å²) in [5.74, 6) is 0. The van der Waals surface area contributed by atoms with Gasteiger partial charge in [-0.15, -0.1) is 0 Å². The van der Waals surface area contributed by atoms with E-state index in [-0.39, 0.29) is 11.5 Å². The Hall–Kier alpha value is -0.380. The molecule has 0 spiro atoms. The summed E-state index contributed by atoms with van der Waals surface area (Å²) >= 11 is 3.48. The predicted molar refractivity (Wildman–Crippen MR) is 83.3 cm³/mol. The summed E-state index contributed by atoms with van der Waals surface area (Å²) in [7, 11) is 0. The molecule has 3 heteroatoms. The van der Waals surface area contributed by atoms with Gasteiger partial charge < -0.3 is 10.1 Å². The fourth-order valence-corrected chi connectivity index (χ4v) is 2.93. The van der Waals surface area contributed by atoms with Crippen LogP contribution >= 0.6 is 15.9 Å². The Morgan fingerprint density at radius 3 is 2.42 bits per heavy atom. The fourth-order valence-electron chi connectivity index (χ4n) is 2.67. The molecule has 1 aromatic rings. The van der Waals surface area contributed by atoms with Gasteiger partial charge in [-0.25, -0.2) is 0 Å². The van der Waals surface area contributed by atoms with E-state index in [9.17, 15) is 0 Å². The highest BCUT2D eigenvalue weighted by Gasteiger charge is 2.32. The normalized spacial score (nSPS) is 29.0. The van der Waals surface area contributed by atoms with Crippen LogP contribution in [0.4, 0.5) is 0 Å². The number of ether oxygens (including phenoxy) is 1. The van der Waals surface area contributed by atoms with Gasteiger partial charge in [0.05, 0.1) is 6.10 Å². The zero-order chi connectivity index (χ0) is 14.0. The van der Waals surface area contributed by atoms with Crippen molar-refractivity contribution >= 4 is 15.9 Å². The highest BCUT2D eigenvalue weighted by molar-refractivity contribution is 9.10. The van der Waals surface area contributed by atoms with Crippen molar-refractivity contribution in [3.8, 4) is 0 Å². The first-order valence-electron chi connectivity index (χ1n) is 7.01. The van der Waals surface area contributed by atoms with E-state index in [1.807, 2.05) is 0 Å². The Morgan fingerprint density at radius 1 is 1.21 bits per heavy atom. The van der Waals surface area contributed by atoms with Crippen molar-refractivity contribution in [3.05, 3.63) is 34.3 Å². The van der Waals surface area contributed by atoms with Gasteiger partial charge in [0.2, 0.25) is 0 Å². The van der Waals surface area contributed by atoms with Crippen LogP contribution in [0.1, 0.15) is 45.8 Å². The molecule has 2 rings (SSSR count). The van der Waals surface area contributed by atoms with Gasteiger partial charge in [0, 0.05) is 23.2 Å². The summed E-state index contributed by atoms with van der Waals surface area (Å²) in [5.41, 5.74) is 1.52. The van der Waals surface area contributed by atoms with E-state index in [0.717, 1.165) is 17.5 Å². The summed E-state index contributed by atoms with van der Waals surface area (Å²) in [6.45, 7) is 9.91. The molecule has 2 nitrogen and oxygen atoms in total. The minimum absolute atomic E-state index is 0.139. The first-order chi connectivity index (χ1) is 8.88. The fraction of sp³-hybridized carbons (Fsp3) is 0.625. The highest BCUT2D eigenvalue weighted by atomic mass is 79.9. The van der Waals surface area contributed by atoms with Crippen molar-refractivity contribution < 1.29 is 4.74 Å². The Bertz CT molecular complexity index is 410. The van der Waals surface area contributed by atoms with Crippen LogP contribution in [0.5, 0.6) is 0 Å². The van der Waals surface area contributed by atoms with Crippen LogP contribution in [0.15, 0.2) is 28.7 Å². The third-order valence-corrected chi connectivity index (χ3v) is 4.39.